The Balaban J connectivity index is 2.28. The quantitative estimate of drug-likeness (QED) is 0.728. The average Bonchev–Trinajstić information content (AvgIpc) is 2.55. The van der Waals surface area contributed by atoms with Crippen LogP contribution in [0.25, 0.3) is 0 Å². The number of carbonyl (C=O) groups excluding carboxylic acids is 1. The molecule has 1 saturated carbocycles. The third-order valence-electron chi connectivity index (χ3n) is 2.67. The van der Waals surface area contributed by atoms with Crippen molar-refractivity contribution in [3.63, 3.8) is 0 Å². The van der Waals surface area contributed by atoms with Crippen LogP contribution >= 0.6 is 0 Å². The van der Waals surface area contributed by atoms with Gasteiger partial charge in [0.2, 0.25) is 0 Å². The zero-order valence-electron chi connectivity index (χ0n) is 20.0. The fourth-order valence-electron chi connectivity index (χ4n) is 1.81. The van der Waals surface area contributed by atoms with Gasteiger partial charge in [-0.15, -0.1) is 0 Å². The van der Waals surface area contributed by atoms with Crippen molar-refractivity contribution in [2.24, 2.45) is 0 Å². The molecule has 0 unspecified atom stereocenters. The van der Waals surface area contributed by atoms with Crippen LogP contribution in [-0.4, -0.2) is 53.7 Å². The Hall–Kier alpha value is -0.770. The Bertz CT molecular complexity index is 584. The van der Waals surface area contributed by atoms with Gasteiger partial charge in [0.05, 0.1) is 0 Å². The third kappa shape index (κ3) is 3.61. The Labute approximate surface area is 123 Å². The Morgan fingerprint density at radius 1 is 1.22 bits per heavy atom. The number of carbonyl (C=O) groups is 1. The highest BCUT2D eigenvalue weighted by Gasteiger charge is 2.29. The van der Waals surface area contributed by atoms with Crippen LogP contribution in [0.2, 0.25) is 0 Å². The first-order valence-electron chi connectivity index (χ1n) is 10.6. The van der Waals surface area contributed by atoms with Gasteiger partial charge in [-0.1, -0.05) is 12.7 Å². The molecule has 0 aromatic heterocycles. The highest BCUT2D eigenvalue weighted by molar-refractivity contribution is 5.68. The van der Waals surface area contributed by atoms with E-state index < -0.39 is 43.2 Å². The molecular formula is C14H26N2O2. The van der Waals surface area contributed by atoms with Crippen molar-refractivity contribution in [2.75, 3.05) is 26.2 Å². The number of ether oxygens (including phenoxy) is 1. The maximum absolute atomic E-state index is 12.2. The molecule has 0 bridgehead atoms. The van der Waals surface area contributed by atoms with Gasteiger partial charge in [0, 0.05) is 44.5 Å². The summed E-state index contributed by atoms with van der Waals surface area (Å²) in [6, 6.07) is -2.80. The van der Waals surface area contributed by atoms with Gasteiger partial charge in [-0.3, -0.25) is 4.90 Å². The van der Waals surface area contributed by atoms with Gasteiger partial charge in [-0.25, -0.2) is 4.79 Å². The summed E-state index contributed by atoms with van der Waals surface area (Å²) in [5, 5.41) is 0. The van der Waals surface area contributed by atoms with Crippen molar-refractivity contribution in [3.8, 4) is 0 Å². The van der Waals surface area contributed by atoms with Crippen LogP contribution in [0.15, 0.2) is 0 Å². The average molecular weight is 263 g/mol. The summed E-state index contributed by atoms with van der Waals surface area (Å²) in [6.07, 6.45) is -13.3. The maximum atomic E-state index is 12.2. The van der Waals surface area contributed by atoms with Crippen LogP contribution in [0.1, 0.15) is 58.6 Å². The van der Waals surface area contributed by atoms with Crippen molar-refractivity contribution < 1.29 is 21.9 Å². The molecule has 4 heteroatoms. The highest BCUT2D eigenvalue weighted by atomic mass is 16.6. The molecule has 2 fully saturated rings. The molecule has 0 aromatic rings. The lowest BCUT2D eigenvalue weighted by Crippen LogP contribution is -2.52. The normalized spacial score (nSPS) is 43.7. The van der Waals surface area contributed by atoms with Gasteiger partial charge in [0.1, 0.15) is 5.60 Å². The Morgan fingerprint density at radius 2 is 1.78 bits per heavy atom. The summed E-state index contributed by atoms with van der Waals surface area (Å²) in [7, 11) is 0. The standard InChI is InChI=1S/C14H26N2O2/c1-14(2,3)18-13(17)16-10-8-15(9-11-16)12-6-4-5-7-12/h12H,4-11H2,1-3H3/i4D2,5D2,6D2,7D2,12D. The molecule has 104 valence electrons. The predicted octanol–water partition coefficient (Wildman–Crippen LogP) is 2.48. The minimum absolute atomic E-state index is 0.0354. The predicted molar refractivity (Wildman–Crippen MR) is 71.6 cm³/mol. The van der Waals surface area contributed by atoms with Gasteiger partial charge in [-0.05, 0) is 33.5 Å². The summed E-state index contributed by atoms with van der Waals surface area (Å²) in [5.74, 6) is 0. The minimum Gasteiger partial charge on any atom is -0.444 e. The van der Waals surface area contributed by atoms with E-state index in [2.05, 4.69) is 0 Å². The van der Waals surface area contributed by atoms with E-state index >= 15 is 0 Å². The Kier molecular flexibility index (Phi) is 1.86. The molecule has 1 heterocycles. The largest absolute Gasteiger partial charge is 0.444 e. The first-order chi connectivity index (χ1) is 11.8. The van der Waals surface area contributed by atoms with E-state index in [1.807, 2.05) is 0 Å². The molecule has 18 heavy (non-hydrogen) atoms. The van der Waals surface area contributed by atoms with Gasteiger partial charge < -0.3 is 9.64 Å². The van der Waals surface area contributed by atoms with Crippen LogP contribution in [-0.2, 0) is 4.74 Å². The van der Waals surface area contributed by atoms with Gasteiger partial charge in [0.25, 0.3) is 0 Å². The minimum atomic E-state index is -3.21. The topological polar surface area (TPSA) is 32.8 Å². The smallest absolute Gasteiger partial charge is 0.410 e. The molecule has 0 radical (unpaired) electrons. The number of nitrogens with zero attached hydrogens (tertiary/aromatic N) is 2. The van der Waals surface area contributed by atoms with E-state index in [9.17, 15) is 4.79 Å². The molecule has 0 aromatic carbocycles. The molecule has 4 nitrogen and oxygen atoms in total. The lowest BCUT2D eigenvalue weighted by atomic mass is 10.2. The summed E-state index contributed by atoms with van der Waals surface area (Å²) >= 11 is 0. The van der Waals surface area contributed by atoms with Crippen molar-refractivity contribution in [2.45, 2.75) is 57.9 Å². The summed E-state index contributed by atoms with van der Waals surface area (Å²) in [5.41, 5.74) is -0.697. The zero-order valence-corrected chi connectivity index (χ0v) is 11.0. The lowest BCUT2D eigenvalue weighted by molar-refractivity contribution is 0.0106. The molecule has 1 saturated heterocycles. The van der Waals surface area contributed by atoms with Gasteiger partial charge in [-0.2, -0.15) is 0 Å². The maximum Gasteiger partial charge on any atom is 0.410 e. The summed E-state index contributed by atoms with van der Waals surface area (Å²) < 4.78 is 77.8. The van der Waals surface area contributed by atoms with Gasteiger partial charge in [0.15, 0.2) is 0 Å². The molecular weight excluding hydrogens is 228 g/mol. The SMILES string of the molecule is [2H]C1([2H])C([2H])([2H])C([2H])([2H])C([2H])(N2CCN(C(=O)OC(C)(C)C)CC2)C1([2H])[2H]. The van der Waals surface area contributed by atoms with E-state index in [-0.39, 0.29) is 26.2 Å². The molecule has 2 aliphatic rings. The monoisotopic (exact) mass is 263 g/mol. The molecule has 1 aliphatic carbocycles. The first kappa shape index (κ1) is 6.12. The van der Waals surface area contributed by atoms with Crippen LogP contribution in [0, 0.1) is 0 Å². The lowest BCUT2D eigenvalue weighted by Gasteiger charge is -2.38. The van der Waals surface area contributed by atoms with Crippen LogP contribution < -0.4 is 0 Å². The molecule has 0 spiro atoms. The number of hydrogen-bond acceptors (Lipinski definition) is 3. The molecule has 1 aliphatic heterocycles. The second kappa shape index (κ2) is 5.47. The Morgan fingerprint density at radius 3 is 2.28 bits per heavy atom. The number of hydrogen-bond donors (Lipinski definition) is 0. The molecule has 0 N–H and O–H groups in total. The second-order valence-electron chi connectivity index (χ2n) is 5.30. The number of piperazine rings is 1. The van der Waals surface area contributed by atoms with E-state index in [4.69, 9.17) is 17.1 Å². The van der Waals surface area contributed by atoms with Crippen molar-refractivity contribution >= 4 is 6.09 Å². The number of amides is 1. The third-order valence-corrected chi connectivity index (χ3v) is 2.67. The molecule has 2 rings (SSSR count). The van der Waals surface area contributed by atoms with E-state index in [0.717, 1.165) is 4.90 Å². The highest BCUT2D eigenvalue weighted by Crippen LogP contribution is 2.24. The first-order valence-corrected chi connectivity index (χ1v) is 6.07. The second-order valence-corrected chi connectivity index (χ2v) is 5.30. The summed E-state index contributed by atoms with van der Waals surface area (Å²) in [4.78, 5) is 14.6. The molecule has 1 amide bonds. The van der Waals surface area contributed by atoms with Crippen LogP contribution in [0.4, 0.5) is 4.79 Å². The fraction of sp³-hybridized carbons (Fsp3) is 0.929. The van der Waals surface area contributed by atoms with E-state index in [1.165, 1.54) is 4.90 Å². The fourth-order valence-corrected chi connectivity index (χ4v) is 1.81. The van der Waals surface area contributed by atoms with Crippen molar-refractivity contribution in [1.82, 2.24) is 9.80 Å². The van der Waals surface area contributed by atoms with Crippen molar-refractivity contribution in [3.05, 3.63) is 0 Å². The van der Waals surface area contributed by atoms with E-state index in [1.54, 1.807) is 20.8 Å². The van der Waals surface area contributed by atoms with Crippen LogP contribution in [0.3, 0.4) is 0 Å². The number of rotatable bonds is 1. The molecule has 0 atom stereocenters. The summed E-state index contributed by atoms with van der Waals surface area (Å²) in [6.45, 7) is 5.01. The van der Waals surface area contributed by atoms with Gasteiger partial charge >= 0.3 is 6.09 Å². The van der Waals surface area contributed by atoms with Crippen molar-refractivity contribution in [1.29, 1.82) is 0 Å². The zero-order chi connectivity index (χ0) is 21.3. The van der Waals surface area contributed by atoms with E-state index in [0.29, 0.717) is 0 Å². The van der Waals surface area contributed by atoms with Crippen LogP contribution in [0.5, 0.6) is 0 Å².